The highest BCUT2D eigenvalue weighted by Crippen LogP contribution is 2.39. The third-order valence-electron chi connectivity index (χ3n) is 4.62. The standard InChI is InChI=1S/C18H15F3N2O/c19-18(20,21)11-6-7-12-15(8-11)23(9-10-4-5-10)14-3-1-2-13(16(12)14)17(22)24/h1-3,6-8,10H,4-5,9H2,(H2,22,24). The summed E-state index contributed by atoms with van der Waals surface area (Å²) in [5, 5.41) is 1.27. The zero-order valence-corrected chi connectivity index (χ0v) is 12.7. The molecule has 1 amide bonds. The highest BCUT2D eigenvalue weighted by atomic mass is 19.4. The van der Waals surface area contributed by atoms with Gasteiger partial charge in [0.1, 0.15) is 0 Å². The summed E-state index contributed by atoms with van der Waals surface area (Å²) < 4.78 is 41.2. The molecule has 1 saturated carbocycles. The van der Waals surface area contributed by atoms with E-state index in [2.05, 4.69) is 0 Å². The van der Waals surface area contributed by atoms with Crippen molar-refractivity contribution in [2.24, 2.45) is 11.7 Å². The van der Waals surface area contributed by atoms with E-state index in [1.54, 1.807) is 12.1 Å². The van der Waals surface area contributed by atoms with E-state index < -0.39 is 17.6 Å². The summed E-state index contributed by atoms with van der Waals surface area (Å²) in [6, 6.07) is 8.83. The quantitative estimate of drug-likeness (QED) is 0.763. The Kier molecular flexibility index (Phi) is 3.13. The predicted molar refractivity (Wildman–Crippen MR) is 85.7 cm³/mol. The fourth-order valence-electron chi connectivity index (χ4n) is 3.28. The van der Waals surface area contributed by atoms with Crippen LogP contribution < -0.4 is 5.73 Å². The minimum atomic E-state index is -4.40. The molecule has 6 heteroatoms. The summed E-state index contributed by atoms with van der Waals surface area (Å²) in [6.07, 6.45) is -2.24. The number of amides is 1. The summed E-state index contributed by atoms with van der Waals surface area (Å²) in [5.74, 6) is -0.0958. The van der Waals surface area contributed by atoms with Gasteiger partial charge >= 0.3 is 6.18 Å². The SMILES string of the molecule is NC(=O)c1cccc2c1c1ccc(C(F)(F)F)cc1n2CC1CC1. The zero-order valence-electron chi connectivity index (χ0n) is 12.7. The molecule has 0 atom stereocenters. The molecular weight excluding hydrogens is 317 g/mol. The van der Waals surface area contributed by atoms with Crippen LogP contribution in [0.3, 0.4) is 0 Å². The molecule has 1 aliphatic rings. The maximum atomic E-state index is 13.1. The number of rotatable bonds is 3. The molecule has 0 saturated heterocycles. The Bertz CT molecular complexity index is 968. The van der Waals surface area contributed by atoms with Gasteiger partial charge in [-0.3, -0.25) is 4.79 Å². The number of nitrogens with two attached hydrogens (primary N) is 1. The number of fused-ring (bicyclic) bond motifs is 3. The first-order valence-electron chi connectivity index (χ1n) is 7.78. The first-order chi connectivity index (χ1) is 11.4. The van der Waals surface area contributed by atoms with E-state index >= 15 is 0 Å². The summed E-state index contributed by atoms with van der Waals surface area (Å²) in [4.78, 5) is 11.8. The van der Waals surface area contributed by atoms with Gasteiger partial charge in [0, 0.05) is 33.9 Å². The molecule has 1 aromatic heterocycles. The number of hydrogen-bond donors (Lipinski definition) is 1. The molecule has 0 unspecified atom stereocenters. The van der Waals surface area contributed by atoms with Gasteiger partial charge in [0.05, 0.1) is 5.56 Å². The fraction of sp³-hybridized carbons (Fsp3) is 0.278. The smallest absolute Gasteiger partial charge is 0.366 e. The van der Waals surface area contributed by atoms with Gasteiger partial charge in [-0.15, -0.1) is 0 Å². The normalized spacial score (nSPS) is 15.3. The topological polar surface area (TPSA) is 48.0 Å². The molecule has 1 heterocycles. The number of hydrogen-bond acceptors (Lipinski definition) is 1. The van der Waals surface area contributed by atoms with E-state index in [0.29, 0.717) is 34.3 Å². The first-order valence-corrected chi connectivity index (χ1v) is 7.78. The van der Waals surface area contributed by atoms with E-state index in [9.17, 15) is 18.0 Å². The Labute approximate surface area is 135 Å². The van der Waals surface area contributed by atoms with Crippen molar-refractivity contribution in [2.75, 3.05) is 0 Å². The molecular formula is C18H15F3N2O. The van der Waals surface area contributed by atoms with Crippen molar-refractivity contribution in [2.45, 2.75) is 25.6 Å². The average molecular weight is 332 g/mol. The largest absolute Gasteiger partial charge is 0.416 e. The Morgan fingerprint density at radius 3 is 2.54 bits per heavy atom. The van der Waals surface area contributed by atoms with Crippen LogP contribution in [0.25, 0.3) is 21.8 Å². The van der Waals surface area contributed by atoms with Gasteiger partial charge in [-0.2, -0.15) is 13.2 Å². The zero-order chi connectivity index (χ0) is 17.1. The van der Waals surface area contributed by atoms with E-state index in [1.165, 1.54) is 12.1 Å². The van der Waals surface area contributed by atoms with Crippen molar-refractivity contribution < 1.29 is 18.0 Å². The second kappa shape index (κ2) is 5.00. The summed E-state index contributed by atoms with van der Waals surface area (Å²) in [6.45, 7) is 0.656. The molecule has 0 spiro atoms. The van der Waals surface area contributed by atoms with Crippen molar-refractivity contribution in [3.63, 3.8) is 0 Å². The van der Waals surface area contributed by atoms with Gasteiger partial charge in [-0.25, -0.2) is 0 Å². The minimum Gasteiger partial charge on any atom is -0.366 e. The third kappa shape index (κ3) is 2.33. The van der Waals surface area contributed by atoms with Gasteiger partial charge in [0.15, 0.2) is 0 Å². The van der Waals surface area contributed by atoms with Crippen LogP contribution in [-0.4, -0.2) is 10.5 Å². The molecule has 2 N–H and O–H groups in total. The van der Waals surface area contributed by atoms with Crippen molar-refractivity contribution in [1.82, 2.24) is 4.57 Å². The van der Waals surface area contributed by atoms with Crippen molar-refractivity contribution in [3.05, 3.63) is 47.5 Å². The lowest BCUT2D eigenvalue weighted by Crippen LogP contribution is -2.11. The Balaban J connectivity index is 2.09. The Morgan fingerprint density at radius 1 is 1.17 bits per heavy atom. The molecule has 4 rings (SSSR count). The molecule has 24 heavy (non-hydrogen) atoms. The molecule has 3 nitrogen and oxygen atoms in total. The van der Waals surface area contributed by atoms with Crippen LogP contribution in [0.15, 0.2) is 36.4 Å². The lowest BCUT2D eigenvalue weighted by Gasteiger charge is -2.09. The van der Waals surface area contributed by atoms with Crippen LogP contribution >= 0.6 is 0 Å². The summed E-state index contributed by atoms with van der Waals surface area (Å²) in [5.41, 5.74) is 6.38. The van der Waals surface area contributed by atoms with Gasteiger partial charge in [0.25, 0.3) is 0 Å². The molecule has 2 aromatic carbocycles. The van der Waals surface area contributed by atoms with Gasteiger partial charge < -0.3 is 10.3 Å². The molecule has 1 aliphatic carbocycles. The van der Waals surface area contributed by atoms with Crippen LogP contribution in [0, 0.1) is 5.92 Å². The molecule has 3 aromatic rings. The van der Waals surface area contributed by atoms with E-state index in [-0.39, 0.29) is 0 Å². The summed E-state index contributed by atoms with van der Waals surface area (Å²) in [7, 11) is 0. The van der Waals surface area contributed by atoms with E-state index in [4.69, 9.17) is 5.73 Å². The highest BCUT2D eigenvalue weighted by Gasteiger charge is 2.32. The Hall–Kier alpha value is -2.50. The number of alkyl halides is 3. The van der Waals surface area contributed by atoms with E-state index in [0.717, 1.165) is 24.4 Å². The molecule has 0 radical (unpaired) electrons. The number of aromatic nitrogens is 1. The van der Waals surface area contributed by atoms with Crippen LogP contribution in [-0.2, 0) is 12.7 Å². The number of carbonyl (C=O) groups is 1. The number of primary amides is 1. The van der Waals surface area contributed by atoms with E-state index in [1.807, 2.05) is 10.6 Å². The third-order valence-corrected chi connectivity index (χ3v) is 4.62. The van der Waals surface area contributed by atoms with Gasteiger partial charge in [-0.1, -0.05) is 12.1 Å². The highest BCUT2D eigenvalue weighted by molar-refractivity contribution is 6.17. The lowest BCUT2D eigenvalue weighted by atomic mass is 10.0. The average Bonchev–Trinajstić information content (AvgIpc) is 3.29. The summed E-state index contributed by atoms with van der Waals surface area (Å²) >= 11 is 0. The maximum absolute atomic E-state index is 13.1. The van der Waals surface area contributed by atoms with Crippen LogP contribution in [0.1, 0.15) is 28.8 Å². The molecule has 124 valence electrons. The molecule has 0 bridgehead atoms. The van der Waals surface area contributed by atoms with Crippen molar-refractivity contribution in [1.29, 1.82) is 0 Å². The number of nitrogens with zero attached hydrogens (tertiary/aromatic N) is 1. The van der Waals surface area contributed by atoms with Crippen molar-refractivity contribution >= 4 is 27.7 Å². The molecule has 0 aliphatic heterocycles. The Morgan fingerprint density at radius 2 is 1.92 bits per heavy atom. The van der Waals surface area contributed by atoms with Gasteiger partial charge in [0.2, 0.25) is 5.91 Å². The van der Waals surface area contributed by atoms with Crippen molar-refractivity contribution in [3.8, 4) is 0 Å². The molecule has 1 fully saturated rings. The van der Waals surface area contributed by atoms with Crippen LogP contribution in [0.2, 0.25) is 0 Å². The van der Waals surface area contributed by atoms with Gasteiger partial charge in [-0.05, 0) is 43.0 Å². The second-order valence-corrected chi connectivity index (χ2v) is 6.35. The van der Waals surface area contributed by atoms with Crippen LogP contribution in [0.4, 0.5) is 13.2 Å². The second-order valence-electron chi connectivity index (χ2n) is 6.35. The monoisotopic (exact) mass is 332 g/mol. The number of carbonyl (C=O) groups excluding carboxylic acids is 1. The lowest BCUT2D eigenvalue weighted by molar-refractivity contribution is -0.137. The fourth-order valence-corrected chi connectivity index (χ4v) is 3.28. The number of benzene rings is 2. The number of halogens is 3. The minimum absolute atomic E-state index is 0.340. The maximum Gasteiger partial charge on any atom is 0.416 e. The van der Waals surface area contributed by atoms with Crippen LogP contribution in [0.5, 0.6) is 0 Å². The predicted octanol–water partition coefficient (Wildman–Crippen LogP) is 4.32. The first kappa shape index (κ1) is 15.1.